The van der Waals surface area contributed by atoms with Gasteiger partial charge >= 0.3 is 5.97 Å². The van der Waals surface area contributed by atoms with Crippen molar-refractivity contribution in [3.8, 4) is 0 Å². The molecule has 1 unspecified atom stereocenters. The van der Waals surface area contributed by atoms with E-state index in [-0.39, 0.29) is 11.3 Å². The molecule has 3 nitrogen and oxygen atoms in total. The fourth-order valence-corrected chi connectivity index (χ4v) is 2.20. The van der Waals surface area contributed by atoms with Crippen LogP contribution >= 0.6 is 0 Å². The average Bonchev–Trinajstić information content (AvgIpc) is 2.28. The molecule has 1 aromatic carbocycles. The lowest BCUT2D eigenvalue weighted by molar-refractivity contribution is -0.132. The third-order valence-electron chi connectivity index (χ3n) is 2.38. The summed E-state index contributed by atoms with van der Waals surface area (Å²) in [6.07, 6.45) is 1.58. The molecule has 98 valence electrons. The van der Waals surface area contributed by atoms with E-state index < -0.39 is 21.5 Å². The van der Waals surface area contributed by atoms with E-state index in [4.69, 9.17) is 5.11 Å². The maximum Gasteiger partial charge on any atom is 0.332 e. The van der Waals surface area contributed by atoms with Crippen molar-refractivity contribution >= 4 is 22.8 Å². The molecule has 0 amide bonds. The number of aliphatic carboxylic acids is 1. The highest BCUT2D eigenvalue weighted by atomic mass is 32.2. The van der Waals surface area contributed by atoms with Crippen LogP contribution in [0.15, 0.2) is 35.9 Å². The number of rotatable bonds is 4. The number of carboxylic acids is 1. The monoisotopic (exact) mass is 266 g/mol. The normalized spacial score (nSPS) is 14.3. The molecule has 0 saturated carbocycles. The molecule has 0 saturated heterocycles. The predicted octanol–water partition coefficient (Wildman–Crippen LogP) is 2.70. The van der Waals surface area contributed by atoms with Crippen LogP contribution in [-0.4, -0.2) is 25.8 Å². The van der Waals surface area contributed by atoms with Gasteiger partial charge in [-0.3, -0.25) is 4.21 Å². The molecule has 0 radical (unpaired) electrons. The highest BCUT2D eigenvalue weighted by molar-refractivity contribution is 7.86. The molecule has 0 heterocycles. The van der Waals surface area contributed by atoms with Crippen molar-refractivity contribution in [1.29, 1.82) is 0 Å². The van der Waals surface area contributed by atoms with Crippen LogP contribution in [0.4, 0.5) is 0 Å². The van der Waals surface area contributed by atoms with Crippen molar-refractivity contribution in [1.82, 2.24) is 0 Å². The van der Waals surface area contributed by atoms with Gasteiger partial charge in [-0.05, 0) is 32.4 Å². The Balaban J connectivity index is 2.95. The molecule has 18 heavy (non-hydrogen) atoms. The van der Waals surface area contributed by atoms with E-state index in [1.54, 1.807) is 6.08 Å². The molecule has 1 aromatic rings. The Morgan fingerprint density at radius 2 is 1.83 bits per heavy atom. The minimum Gasteiger partial charge on any atom is -0.478 e. The molecule has 0 bridgehead atoms. The first-order valence-electron chi connectivity index (χ1n) is 5.68. The largest absolute Gasteiger partial charge is 0.478 e. The summed E-state index contributed by atoms with van der Waals surface area (Å²) in [5.41, 5.74) is 0.982. The molecule has 0 fully saturated rings. The van der Waals surface area contributed by atoms with Crippen LogP contribution < -0.4 is 0 Å². The molecule has 0 aliphatic carbocycles. The third kappa shape index (κ3) is 4.45. The van der Waals surface area contributed by atoms with Crippen molar-refractivity contribution in [3.05, 3.63) is 41.5 Å². The first kappa shape index (κ1) is 14.6. The maximum absolute atomic E-state index is 12.0. The number of hydrogen-bond donors (Lipinski definition) is 1. The summed E-state index contributed by atoms with van der Waals surface area (Å²) in [6, 6.07) is 9.19. The number of carbonyl (C=O) groups is 1. The van der Waals surface area contributed by atoms with Crippen LogP contribution in [0.3, 0.4) is 0 Å². The fraction of sp³-hybridized carbons (Fsp3) is 0.357. The van der Waals surface area contributed by atoms with Gasteiger partial charge in [0.1, 0.15) is 0 Å². The van der Waals surface area contributed by atoms with Crippen LogP contribution in [0.2, 0.25) is 0 Å². The van der Waals surface area contributed by atoms with Gasteiger partial charge in [0.25, 0.3) is 0 Å². The van der Waals surface area contributed by atoms with Gasteiger partial charge in [-0.25, -0.2) is 4.79 Å². The zero-order valence-electron chi connectivity index (χ0n) is 10.8. The SMILES string of the molecule is CC(C)(C)S(=O)C/C(=C\c1ccccc1)C(=O)O. The molecule has 0 aliphatic rings. The second kappa shape index (κ2) is 5.96. The van der Waals surface area contributed by atoms with Crippen molar-refractivity contribution < 1.29 is 14.1 Å². The summed E-state index contributed by atoms with van der Waals surface area (Å²) in [4.78, 5) is 11.2. The lowest BCUT2D eigenvalue weighted by Crippen LogP contribution is -2.26. The van der Waals surface area contributed by atoms with Crippen LogP contribution in [0, 0.1) is 0 Å². The summed E-state index contributed by atoms with van der Waals surface area (Å²) in [7, 11) is -1.21. The van der Waals surface area contributed by atoms with Crippen LogP contribution in [0.1, 0.15) is 26.3 Å². The van der Waals surface area contributed by atoms with E-state index >= 15 is 0 Å². The zero-order valence-corrected chi connectivity index (χ0v) is 11.7. The number of carboxylic acid groups (broad SMARTS) is 1. The second-order valence-corrected chi connectivity index (χ2v) is 7.19. The van der Waals surface area contributed by atoms with Gasteiger partial charge < -0.3 is 5.11 Å². The minimum absolute atomic E-state index is 0.0632. The smallest absolute Gasteiger partial charge is 0.332 e. The zero-order chi connectivity index (χ0) is 13.8. The third-order valence-corrected chi connectivity index (χ3v) is 4.32. The van der Waals surface area contributed by atoms with Gasteiger partial charge in [0, 0.05) is 15.5 Å². The molecule has 1 rings (SSSR count). The van der Waals surface area contributed by atoms with Gasteiger partial charge in [0.15, 0.2) is 0 Å². The van der Waals surface area contributed by atoms with E-state index in [0.29, 0.717) is 0 Å². The van der Waals surface area contributed by atoms with E-state index in [2.05, 4.69) is 0 Å². The Labute approximate surface area is 110 Å². The Morgan fingerprint density at radius 3 is 2.28 bits per heavy atom. The van der Waals surface area contributed by atoms with Gasteiger partial charge in [-0.15, -0.1) is 0 Å². The topological polar surface area (TPSA) is 54.4 Å². The predicted molar refractivity (Wildman–Crippen MR) is 74.8 cm³/mol. The van der Waals surface area contributed by atoms with Crippen molar-refractivity contribution in [2.45, 2.75) is 25.5 Å². The minimum atomic E-state index is -1.21. The van der Waals surface area contributed by atoms with Gasteiger partial charge in [0.05, 0.1) is 11.3 Å². The van der Waals surface area contributed by atoms with Crippen LogP contribution in [0.25, 0.3) is 6.08 Å². The number of hydrogen-bond acceptors (Lipinski definition) is 2. The standard InChI is InChI=1S/C14H18O3S/c1-14(2,3)18(17)10-12(13(15)16)9-11-7-5-4-6-8-11/h4-9H,10H2,1-3H3,(H,15,16)/b12-9+. The Bertz CT molecular complexity index is 470. The fourth-order valence-electron chi connectivity index (χ4n) is 1.27. The summed E-state index contributed by atoms with van der Waals surface area (Å²) < 4.78 is 11.6. The Kier molecular flexibility index (Phi) is 4.84. The Morgan fingerprint density at radius 1 is 1.28 bits per heavy atom. The molecular weight excluding hydrogens is 248 g/mol. The lowest BCUT2D eigenvalue weighted by atomic mass is 10.1. The summed E-state index contributed by atoms with van der Waals surface area (Å²) in [5.74, 6) is -0.954. The van der Waals surface area contributed by atoms with E-state index in [1.807, 2.05) is 51.1 Å². The summed E-state index contributed by atoms with van der Waals surface area (Å²) in [6.45, 7) is 5.52. The van der Waals surface area contributed by atoms with E-state index in [0.717, 1.165) is 5.56 Å². The van der Waals surface area contributed by atoms with E-state index in [9.17, 15) is 9.00 Å². The average molecular weight is 266 g/mol. The molecule has 0 spiro atoms. The summed E-state index contributed by atoms with van der Waals surface area (Å²) >= 11 is 0. The number of benzene rings is 1. The molecule has 0 aliphatic heterocycles. The quantitative estimate of drug-likeness (QED) is 0.852. The van der Waals surface area contributed by atoms with Gasteiger partial charge in [0.2, 0.25) is 0 Å². The molecule has 1 N–H and O–H groups in total. The van der Waals surface area contributed by atoms with E-state index in [1.165, 1.54) is 0 Å². The Hall–Kier alpha value is -1.42. The highest BCUT2D eigenvalue weighted by Crippen LogP contribution is 2.16. The van der Waals surface area contributed by atoms with Crippen molar-refractivity contribution in [3.63, 3.8) is 0 Å². The van der Waals surface area contributed by atoms with Crippen molar-refractivity contribution in [2.24, 2.45) is 0 Å². The first-order valence-corrected chi connectivity index (χ1v) is 7.00. The molecular formula is C14H18O3S. The molecule has 0 aromatic heterocycles. The van der Waals surface area contributed by atoms with Gasteiger partial charge in [-0.1, -0.05) is 30.3 Å². The molecule has 1 atom stereocenters. The van der Waals surface area contributed by atoms with Crippen molar-refractivity contribution in [2.75, 3.05) is 5.75 Å². The lowest BCUT2D eigenvalue weighted by Gasteiger charge is -2.17. The second-order valence-electron chi connectivity index (χ2n) is 4.99. The maximum atomic E-state index is 12.0. The first-order chi connectivity index (χ1) is 8.30. The van der Waals surface area contributed by atoms with Crippen LogP contribution in [0.5, 0.6) is 0 Å². The van der Waals surface area contributed by atoms with Crippen LogP contribution in [-0.2, 0) is 15.6 Å². The summed E-state index contributed by atoms with van der Waals surface area (Å²) in [5, 5.41) is 9.15. The van der Waals surface area contributed by atoms with Gasteiger partial charge in [-0.2, -0.15) is 0 Å². The highest BCUT2D eigenvalue weighted by Gasteiger charge is 2.22. The molecule has 4 heteroatoms.